The quantitative estimate of drug-likeness (QED) is 0.808. The highest BCUT2D eigenvalue weighted by Crippen LogP contribution is 2.27. The molecule has 84 valence electrons. The number of nitrogens with zero attached hydrogens (tertiary/aromatic N) is 2. The summed E-state index contributed by atoms with van der Waals surface area (Å²) in [5.41, 5.74) is 0. The number of aliphatic carboxylic acids is 1. The second-order valence-corrected chi connectivity index (χ2v) is 6.31. The molecule has 0 bridgehead atoms. The molecule has 0 amide bonds. The number of hydrogen-bond donors (Lipinski definition) is 1. The third-order valence-electron chi connectivity index (χ3n) is 1.66. The van der Waals surface area contributed by atoms with Crippen LogP contribution in [0.15, 0.2) is 4.34 Å². The summed E-state index contributed by atoms with van der Waals surface area (Å²) in [6, 6.07) is 0. The second-order valence-electron chi connectivity index (χ2n) is 3.66. The normalized spacial score (nSPS) is 13.1. The van der Waals surface area contributed by atoms with Crippen LogP contribution in [0, 0.1) is 5.92 Å². The van der Waals surface area contributed by atoms with Gasteiger partial charge in [0.05, 0.1) is 0 Å². The maximum atomic E-state index is 10.6. The van der Waals surface area contributed by atoms with Gasteiger partial charge < -0.3 is 5.11 Å². The molecule has 1 atom stereocenters. The van der Waals surface area contributed by atoms with Crippen LogP contribution in [0.3, 0.4) is 0 Å². The van der Waals surface area contributed by atoms with Gasteiger partial charge in [-0.3, -0.25) is 4.79 Å². The van der Waals surface area contributed by atoms with E-state index in [2.05, 4.69) is 24.0 Å². The maximum absolute atomic E-state index is 10.6. The molecule has 1 heterocycles. The molecule has 0 radical (unpaired) electrons. The van der Waals surface area contributed by atoms with Crippen LogP contribution < -0.4 is 0 Å². The number of aromatic nitrogens is 2. The topological polar surface area (TPSA) is 63.1 Å². The van der Waals surface area contributed by atoms with Crippen LogP contribution in [0.25, 0.3) is 0 Å². The van der Waals surface area contributed by atoms with Gasteiger partial charge in [-0.05, 0) is 12.8 Å². The van der Waals surface area contributed by atoms with Crippen molar-refractivity contribution in [3.05, 3.63) is 5.01 Å². The molecule has 0 saturated heterocycles. The van der Waals surface area contributed by atoms with Gasteiger partial charge in [0.25, 0.3) is 0 Å². The fraction of sp³-hybridized carbons (Fsp3) is 0.667. The van der Waals surface area contributed by atoms with Crippen molar-refractivity contribution in [1.29, 1.82) is 0 Å². The Balaban J connectivity index is 2.56. The number of thioether (sulfide) groups is 1. The van der Waals surface area contributed by atoms with Crippen molar-refractivity contribution < 1.29 is 9.90 Å². The van der Waals surface area contributed by atoms with Gasteiger partial charge in [-0.15, -0.1) is 10.2 Å². The molecule has 0 aromatic carbocycles. The van der Waals surface area contributed by atoms with Crippen LogP contribution in [-0.4, -0.2) is 26.5 Å². The first kappa shape index (κ1) is 12.4. The minimum Gasteiger partial charge on any atom is -0.480 e. The average molecular weight is 246 g/mol. The predicted octanol–water partition coefficient (Wildman–Crippen LogP) is 2.30. The maximum Gasteiger partial charge on any atom is 0.316 e. The molecule has 1 unspecified atom stereocenters. The van der Waals surface area contributed by atoms with Gasteiger partial charge in [0, 0.05) is 6.42 Å². The monoisotopic (exact) mass is 246 g/mol. The van der Waals surface area contributed by atoms with Gasteiger partial charge in [-0.1, -0.05) is 36.9 Å². The molecular weight excluding hydrogens is 232 g/mol. The van der Waals surface area contributed by atoms with Crippen molar-refractivity contribution in [1.82, 2.24) is 10.2 Å². The third kappa shape index (κ3) is 4.17. The van der Waals surface area contributed by atoms with Gasteiger partial charge in [0.15, 0.2) is 4.34 Å². The lowest BCUT2D eigenvalue weighted by Gasteiger charge is -2.00. The number of carboxylic acids is 1. The molecular formula is C9H14N2O2S2. The summed E-state index contributed by atoms with van der Waals surface area (Å²) in [5.74, 6) is -0.270. The van der Waals surface area contributed by atoms with Crippen LogP contribution in [-0.2, 0) is 11.2 Å². The zero-order valence-electron chi connectivity index (χ0n) is 8.93. The van der Waals surface area contributed by atoms with Crippen molar-refractivity contribution in [3.63, 3.8) is 0 Å². The lowest BCUT2D eigenvalue weighted by atomic mass is 10.1. The molecule has 1 aromatic rings. The molecule has 0 spiro atoms. The van der Waals surface area contributed by atoms with E-state index in [1.165, 1.54) is 23.1 Å². The zero-order chi connectivity index (χ0) is 11.4. The Hall–Kier alpha value is -0.620. The largest absolute Gasteiger partial charge is 0.480 e. The van der Waals surface area contributed by atoms with E-state index in [0.717, 1.165) is 15.8 Å². The number of carbonyl (C=O) groups is 1. The fourth-order valence-corrected chi connectivity index (χ4v) is 3.11. The highest BCUT2D eigenvalue weighted by Gasteiger charge is 2.15. The molecule has 0 saturated carbocycles. The Kier molecular flexibility index (Phi) is 4.53. The van der Waals surface area contributed by atoms with Gasteiger partial charge in [-0.2, -0.15) is 0 Å². The molecule has 0 aliphatic rings. The summed E-state index contributed by atoms with van der Waals surface area (Å²) in [5, 5.41) is 17.2. The molecule has 0 fully saturated rings. The lowest BCUT2D eigenvalue weighted by Crippen LogP contribution is -2.10. The summed E-state index contributed by atoms with van der Waals surface area (Å²) >= 11 is 2.73. The summed E-state index contributed by atoms with van der Waals surface area (Å²) in [4.78, 5) is 10.6. The van der Waals surface area contributed by atoms with Crippen LogP contribution in [0.2, 0.25) is 0 Å². The molecule has 1 aromatic heterocycles. The molecule has 4 nitrogen and oxygen atoms in total. The van der Waals surface area contributed by atoms with Crippen molar-refractivity contribution in [3.8, 4) is 0 Å². The Labute approximate surface area is 97.1 Å². The Morgan fingerprint density at radius 1 is 1.47 bits per heavy atom. The average Bonchev–Trinajstić information content (AvgIpc) is 2.51. The predicted molar refractivity (Wildman–Crippen MR) is 61.4 cm³/mol. The first-order valence-electron chi connectivity index (χ1n) is 4.71. The minimum absolute atomic E-state index is 0.468. The highest BCUT2D eigenvalue weighted by molar-refractivity contribution is 8.02. The summed E-state index contributed by atoms with van der Waals surface area (Å²) in [6.45, 7) is 5.89. The second kappa shape index (κ2) is 5.46. The van der Waals surface area contributed by atoms with Crippen LogP contribution in [0.5, 0.6) is 0 Å². The number of carboxylic acid groups (broad SMARTS) is 1. The third-order valence-corrected chi connectivity index (χ3v) is 3.77. The lowest BCUT2D eigenvalue weighted by molar-refractivity contribution is -0.136. The van der Waals surface area contributed by atoms with E-state index < -0.39 is 11.2 Å². The first-order valence-corrected chi connectivity index (χ1v) is 6.40. The van der Waals surface area contributed by atoms with Crippen LogP contribution >= 0.6 is 23.1 Å². The fourth-order valence-electron chi connectivity index (χ4n) is 0.919. The van der Waals surface area contributed by atoms with Crippen molar-refractivity contribution in [2.45, 2.75) is 36.8 Å². The van der Waals surface area contributed by atoms with E-state index in [0.29, 0.717) is 5.92 Å². The molecule has 1 N–H and O–H groups in total. The minimum atomic E-state index is -0.819. The molecule has 15 heavy (non-hydrogen) atoms. The summed E-state index contributed by atoms with van der Waals surface area (Å²) < 4.78 is 0.737. The number of rotatable bonds is 5. The van der Waals surface area contributed by atoms with Crippen molar-refractivity contribution in [2.75, 3.05) is 0 Å². The van der Waals surface area contributed by atoms with Gasteiger partial charge in [0.2, 0.25) is 0 Å². The Morgan fingerprint density at radius 2 is 2.13 bits per heavy atom. The van der Waals surface area contributed by atoms with Crippen molar-refractivity contribution in [2.24, 2.45) is 5.92 Å². The Morgan fingerprint density at radius 3 is 2.67 bits per heavy atom. The molecule has 0 aliphatic heterocycles. The van der Waals surface area contributed by atoms with E-state index in [1.54, 1.807) is 6.92 Å². The van der Waals surface area contributed by atoms with Gasteiger partial charge >= 0.3 is 5.97 Å². The van der Waals surface area contributed by atoms with E-state index in [1.807, 2.05) is 0 Å². The van der Waals surface area contributed by atoms with Gasteiger partial charge in [0.1, 0.15) is 10.3 Å². The Bertz CT molecular complexity index is 339. The standard InChI is InChI=1S/C9H14N2O2S2/c1-5(2)4-7-10-11-9(15-7)14-6(3)8(12)13/h5-6H,4H2,1-3H3,(H,12,13). The first-order chi connectivity index (χ1) is 6.99. The smallest absolute Gasteiger partial charge is 0.316 e. The van der Waals surface area contributed by atoms with Crippen molar-refractivity contribution >= 4 is 29.1 Å². The summed E-state index contributed by atoms with van der Waals surface area (Å²) in [7, 11) is 0. The highest BCUT2D eigenvalue weighted by atomic mass is 32.2. The molecule has 0 aliphatic carbocycles. The van der Waals surface area contributed by atoms with E-state index in [4.69, 9.17) is 5.11 Å². The SMILES string of the molecule is CC(C)Cc1nnc(SC(C)C(=O)O)s1. The molecule has 6 heteroatoms. The zero-order valence-corrected chi connectivity index (χ0v) is 10.6. The summed E-state index contributed by atoms with van der Waals surface area (Å²) in [6.07, 6.45) is 0.902. The van der Waals surface area contributed by atoms with Crippen LogP contribution in [0.4, 0.5) is 0 Å². The van der Waals surface area contributed by atoms with E-state index >= 15 is 0 Å². The van der Waals surface area contributed by atoms with E-state index in [-0.39, 0.29) is 0 Å². The van der Waals surface area contributed by atoms with E-state index in [9.17, 15) is 4.79 Å². The van der Waals surface area contributed by atoms with Gasteiger partial charge in [-0.25, -0.2) is 0 Å². The van der Waals surface area contributed by atoms with Crippen LogP contribution in [0.1, 0.15) is 25.8 Å². The molecule has 1 rings (SSSR count). The number of hydrogen-bond acceptors (Lipinski definition) is 5.